The number of benzene rings is 1. The molecule has 150 valence electrons. The number of sulfone groups is 1. The third-order valence-electron chi connectivity index (χ3n) is 4.45. The third kappa shape index (κ3) is 3.38. The monoisotopic (exact) mass is 429 g/mol. The molecule has 0 saturated heterocycles. The Morgan fingerprint density at radius 3 is 2.72 bits per heavy atom. The Balaban J connectivity index is 1.88. The molecule has 3 aromatic rings. The van der Waals surface area contributed by atoms with Crippen LogP contribution < -0.4 is 11.3 Å². The van der Waals surface area contributed by atoms with Gasteiger partial charge in [0, 0.05) is 16.8 Å². The van der Waals surface area contributed by atoms with Gasteiger partial charge in [0.15, 0.2) is 0 Å². The molecular formula is C19H19N5O3S2. The highest BCUT2D eigenvalue weighted by Crippen LogP contribution is 2.35. The molecule has 0 bridgehead atoms. The normalized spacial score (nSPS) is 15.3. The number of aromatic nitrogens is 3. The van der Waals surface area contributed by atoms with E-state index in [-0.39, 0.29) is 32.4 Å². The number of rotatable bonds is 4. The van der Waals surface area contributed by atoms with Crippen molar-refractivity contribution < 1.29 is 8.42 Å². The number of nitrogens with zero attached hydrogens (tertiary/aromatic N) is 4. The first-order valence-corrected chi connectivity index (χ1v) is 11.4. The molecule has 0 saturated carbocycles. The van der Waals surface area contributed by atoms with Gasteiger partial charge in [-0.05, 0) is 25.0 Å². The molecule has 4 rings (SSSR count). The third-order valence-corrected chi connectivity index (χ3v) is 7.89. The van der Waals surface area contributed by atoms with Crippen molar-refractivity contribution in [2.45, 2.75) is 25.1 Å². The van der Waals surface area contributed by atoms with E-state index in [1.165, 1.54) is 4.52 Å². The molecule has 0 amide bonds. The van der Waals surface area contributed by atoms with E-state index in [9.17, 15) is 13.2 Å². The second kappa shape index (κ2) is 6.89. The van der Waals surface area contributed by atoms with E-state index in [0.717, 1.165) is 33.9 Å². The first kappa shape index (κ1) is 19.5. The lowest BCUT2D eigenvalue weighted by atomic mass is 10.0. The van der Waals surface area contributed by atoms with Crippen LogP contribution in [0, 0.1) is 5.92 Å². The van der Waals surface area contributed by atoms with Crippen molar-refractivity contribution in [3.05, 3.63) is 45.7 Å². The number of fused-ring (bicyclic) bond motifs is 2. The minimum atomic E-state index is -3.58. The summed E-state index contributed by atoms with van der Waals surface area (Å²) in [5, 5.41) is 4.14. The zero-order valence-electron chi connectivity index (χ0n) is 16.1. The van der Waals surface area contributed by atoms with Gasteiger partial charge in [0.2, 0.25) is 19.1 Å². The molecule has 0 fully saturated rings. The Hall–Kier alpha value is -2.85. The van der Waals surface area contributed by atoms with Gasteiger partial charge in [-0.15, -0.1) is 5.10 Å². The highest BCUT2D eigenvalue weighted by atomic mass is 32.2. The van der Waals surface area contributed by atoms with Crippen LogP contribution in [0.4, 0.5) is 11.5 Å². The van der Waals surface area contributed by atoms with Crippen LogP contribution in [0.5, 0.6) is 0 Å². The van der Waals surface area contributed by atoms with Crippen molar-refractivity contribution >= 4 is 55.0 Å². The van der Waals surface area contributed by atoms with Crippen LogP contribution in [0.15, 0.2) is 38.4 Å². The Kier molecular flexibility index (Phi) is 4.62. The van der Waals surface area contributed by atoms with Gasteiger partial charge in [0.25, 0.3) is 5.56 Å². The van der Waals surface area contributed by atoms with Crippen molar-refractivity contribution in [1.29, 1.82) is 0 Å². The van der Waals surface area contributed by atoms with Crippen LogP contribution in [0.3, 0.4) is 0 Å². The van der Waals surface area contributed by atoms with Crippen LogP contribution in [-0.2, 0) is 9.84 Å². The summed E-state index contributed by atoms with van der Waals surface area (Å²) in [6.45, 7) is 5.48. The van der Waals surface area contributed by atoms with Crippen LogP contribution in [0.25, 0.3) is 16.6 Å². The van der Waals surface area contributed by atoms with E-state index in [2.05, 4.69) is 15.1 Å². The Morgan fingerprint density at radius 2 is 2.00 bits per heavy atom. The lowest BCUT2D eigenvalue weighted by Gasteiger charge is -2.05. The SMILES string of the molecule is CC1=Nc2ccccc2C1=Cc1c(N)n2nc(S(=O)(=O)CC(C)C)sc2nc1=O. The highest BCUT2D eigenvalue weighted by molar-refractivity contribution is 7.93. The van der Waals surface area contributed by atoms with Gasteiger partial charge >= 0.3 is 0 Å². The maximum Gasteiger partial charge on any atom is 0.283 e. The number of aliphatic imine (C=N–C) groups is 1. The summed E-state index contributed by atoms with van der Waals surface area (Å²) in [5.74, 6) is -0.0461. The minimum Gasteiger partial charge on any atom is -0.383 e. The van der Waals surface area contributed by atoms with Crippen LogP contribution in [0.2, 0.25) is 0 Å². The molecule has 8 nitrogen and oxygen atoms in total. The second-order valence-electron chi connectivity index (χ2n) is 7.23. The number of nitrogens with two attached hydrogens (primary N) is 1. The number of hydrogen-bond acceptors (Lipinski definition) is 8. The summed E-state index contributed by atoms with van der Waals surface area (Å²) in [7, 11) is -3.58. The summed E-state index contributed by atoms with van der Waals surface area (Å²) in [6, 6.07) is 7.60. The van der Waals surface area contributed by atoms with Gasteiger partial charge in [-0.2, -0.15) is 9.50 Å². The maximum atomic E-state index is 12.6. The molecule has 29 heavy (non-hydrogen) atoms. The van der Waals surface area contributed by atoms with E-state index in [1.807, 2.05) is 45.0 Å². The number of nitrogen functional groups attached to an aromatic ring is 1. The smallest absolute Gasteiger partial charge is 0.283 e. The van der Waals surface area contributed by atoms with Crippen molar-refractivity contribution in [2.75, 3.05) is 11.5 Å². The Labute approximate surface area is 171 Å². The standard InChI is InChI=1S/C19H19N5O3S2/c1-10(2)9-29(26,27)19-23-24-16(20)14(17(25)22-18(24)28-19)8-13-11(3)21-15-7-5-4-6-12(13)15/h4-8,10H,9,20H2,1-3H3. The lowest BCUT2D eigenvalue weighted by molar-refractivity contribution is 0.579. The molecular weight excluding hydrogens is 410 g/mol. The number of anilines is 1. The van der Waals surface area contributed by atoms with E-state index in [4.69, 9.17) is 5.73 Å². The largest absolute Gasteiger partial charge is 0.383 e. The fourth-order valence-electron chi connectivity index (χ4n) is 3.20. The zero-order chi connectivity index (χ0) is 20.9. The summed E-state index contributed by atoms with van der Waals surface area (Å²) in [5.41, 5.74) is 9.07. The van der Waals surface area contributed by atoms with Crippen LogP contribution >= 0.6 is 11.3 Å². The van der Waals surface area contributed by atoms with Gasteiger partial charge in [-0.1, -0.05) is 43.4 Å². The van der Waals surface area contributed by atoms with Gasteiger partial charge in [-0.3, -0.25) is 9.79 Å². The fraction of sp³-hybridized carbons (Fsp3) is 0.263. The lowest BCUT2D eigenvalue weighted by Crippen LogP contribution is -2.17. The minimum absolute atomic E-state index is 0.0408. The summed E-state index contributed by atoms with van der Waals surface area (Å²) in [6.07, 6.45) is 1.64. The number of hydrogen-bond donors (Lipinski definition) is 1. The summed E-state index contributed by atoms with van der Waals surface area (Å²) >= 11 is 0.843. The summed E-state index contributed by atoms with van der Waals surface area (Å²) in [4.78, 5) is 21.3. The molecule has 0 aliphatic carbocycles. The molecule has 2 aromatic heterocycles. The average molecular weight is 430 g/mol. The van der Waals surface area contributed by atoms with Crippen molar-refractivity contribution in [3.8, 4) is 0 Å². The van der Waals surface area contributed by atoms with Crippen molar-refractivity contribution in [1.82, 2.24) is 14.6 Å². The molecule has 0 atom stereocenters. The van der Waals surface area contributed by atoms with E-state index < -0.39 is 15.4 Å². The van der Waals surface area contributed by atoms with Gasteiger partial charge in [0.1, 0.15) is 5.82 Å². The Morgan fingerprint density at radius 1 is 1.28 bits per heavy atom. The number of para-hydroxylation sites is 1. The topological polar surface area (TPSA) is 120 Å². The first-order valence-electron chi connectivity index (χ1n) is 8.96. The molecule has 1 aliphatic rings. The Bertz CT molecular complexity index is 1360. The predicted molar refractivity (Wildman–Crippen MR) is 116 cm³/mol. The van der Waals surface area contributed by atoms with Crippen molar-refractivity contribution in [3.63, 3.8) is 0 Å². The van der Waals surface area contributed by atoms with E-state index in [1.54, 1.807) is 6.08 Å². The quantitative estimate of drug-likeness (QED) is 0.681. The van der Waals surface area contributed by atoms with E-state index in [0.29, 0.717) is 0 Å². The van der Waals surface area contributed by atoms with Crippen LogP contribution in [0.1, 0.15) is 31.9 Å². The molecule has 0 spiro atoms. The molecule has 2 N–H and O–H groups in total. The molecule has 3 heterocycles. The van der Waals surface area contributed by atoms with Crippen molar-refractivity contribution in [2.24, 2.45) is 10.9 Å². The van der Waals surface area contributed by atoms with Gasteiger partial charge < -0.3 is 5.73 Å². The van der Waals surface area contributed by atoms with Gasteiger partial charge in [-0.25, -0.2) is 8.42 Å². The first-order chi connectivity index (χ1) is 13.7. The average Bonchev–Trinajstić information content (AvgIpc) is 3.19. The van der Waals surface area contributed by atoms with Crippen LogP contribution in [-0.4, -0.2) is 34.5 Å². The molecule has 0 radical (unpaired) electrons. The fourth-order valence-corrected chi connectivity index (χ4v) is 5.99. The summed E-state index contributed by atoms with van der Waals surface area (Å²) < 4.78 is 26.1. The predicted octanol–water partition coefficient (Wildman–Crippen LogP) is 2.81. The molecule has 1 aromatic carbocycles. The maximum absolute atomic E-state index is 12.6. The molecule has 10 heteroatoms. The zero-order valence-corrected chi connectivity index (χ0v) is 17.7. The highest BCUT2D eigenvalue weighted by Gasteiger charge is 2.24. The number of allylic oxidation sites excluding steroid dienone is 1. The van der Waals surface area contributed by atoms with E-state index >= 15 is 0 Å². The molecule has 1 aliphatic heterocycles. The second-order valence-corrected chi connectivity index (χ2v) is 10.4. The molecule has 0 unspecified atom stereocenters. The van der Waals surface area contributed by atoms with Gasteiger partial charge in [0.05, 0.1) is 17.0 Å².